The Morgan fingerprint density at radius 3 is 2.50 bits per heavy atom. The second kappa shape index (κ2) is 9.51. The van der Waals surface area contributed by atoms with Crippen LogP contribution in [0, 0.1) is 10.1 Å². The van der Waals surface area contributed by atoms with E-state index in [0.717, 1.165) is 5.69 Å². The number of nitro groups is 1. The van der Waals surface area contributed by atoms with Gasteiger partial charge in [-0.05, 0) is 47.9 Å². The van der Waals surface area contributed by atoms with Gasteiger partial charge in [-0.15, -0.1) is 0 Å². The number of benzene rings is 2. The van der Waals surface area contributed by atoms with Gasteiger partial charge in [-0.3, -0.25) is 14.9 Å². The summed E-state index contributed by atoms with van der Waals surface area (Å²) in [5, 5.41) is 14.7. The largest absolute Gasteiger partial charge is 0.484 e. The summed E-state index contributed by atoms with van der Waals surface area (Å²) in [5.74, 6) is 0.667. The minimum Gasteiger partial charge on any atom is -0.484 e. The van der Waals surface area contributed by atoms with E-state index < -0.39 is 4.92 Å². The lowest BCUT2D eigenvalue weighted by Gasteiger charge is -2.08. The van der Waals surface area contributed by atoms with Crippen molar-refractivity contribution in [2.45, 2.75) is 19.8 Å². The number of amides is 1. The summed E-state index contributed by atoms with van der Waals surface area (Å²) in [4.78, 5) is 22.3. The molecule has 0 atom stereocenters. The van der Waals surface area contributed by atoms with E-state index in [0.29, 0.717) is 17.4 Å². The van der Waals surface area contributed by atoms with Gasteiger partial charge in [-0.25, -0.2) is 5.43 Å². The Morgan fingerprint density at radius 1 is 1.17 bits per heavy atom. The highest BCUT2D eigenvalue weighted by Gasteiger charge is 2.07. The zero-order chi connectivity index (χ0) is 21.5. The van der Waals surface area contributed by atoms with Crippen LogP contribution in [0.25, 0.3) is 5.69 Å². The molecule has 154 valence electrons. The molecule has 3 aromatic rings. The maximum absolute atomic E-state index is 12.0. The van der Waals surface area contributed by atoms with Crippen molar-refractivity contribution in [2.24, 2.45) is 5.10 Å². The molecule has 0 radical (unpaired) electrons. The number of hydrogen-bond acceptors (Lipinski definition) is 5. The topological polar surface area (TPSA) is 98.8 Å². The summed E-state index contributed by atoms with van der Waals surface area (Å²) in [5.41, 5.74) is 5.09. The smallest absolute Gasteiger partial charge is 0.277 e. The van der Waals surface area contributed by atoms with Crippen molar-refractivity contribution in [3.05, 3.63) is 88.2 Å². The van der Waals surface area contributed by atoms with Gasteiger partial charge < -0.3 is 9.30 Å². The normalized spacial score (nSPS) is 11.0. The molecule has 2 aromatic carbocycles. The first-order valence-electron chi connectivity index (χ1n) is 9.41. The fourth-order valence-electron chi connectivity index (χ4n) is 2.77. The Kier molecular flexibility index (Phi) is 6.59. The molecule has 0 aliphatic carbocycles. The first kappa shape index (κ1) is 20.8. The van der Waals surface area contributed by atoms with Gasteiger partial charge in [-0.2, -0.15) is 5.10 Å². The highest BCUT2D eigenvalue weighted by atomic mass is 16.6. The van der Waals surface area contributed by atoms with Crippen LogP contribution in [0.4, 0.5) is 5.69 Å². The van der Waals surface area contributed by atoms with Gasteiger partial charge in [-0.1, -0.05) is 26.0 Å². The van der Waals surface area contributed by atoms with Gasteiger partial charge in [0.2, 0.25) is 0 Å². The molecule has 0 saturated carbocycles. The lowest BCUT2D eigenvalue weighted by Crippen LogP contribution is -2.24. The van der Waals surface area contributed by atoms with Gasteiger partial charge in [0.25, 0.3) is 11.6 Å². The predicted octanol–water partition coefficient (Wildman–Crippen LogP) is 4.04. The van der Waals surface area contributed by atoms with Gasteiger partial charge in [0, 0.05) is 24.0 Å². The third kappa shape index (κ3) is 5.32. The summed E-state index contributed by atoms with van der Waals surface area (Å²) >= 11 is 0. The molecule has 0 spiro atoms. The maximum atomic E-state index is 12.0. The fraction of sp³-hybridized carbons (Fsp3) is 0.182. The molecule has 1 amide bonds. The van der Waals surface area contributed by atoms with Crippen LogP contribution >= 0.6 is 0 Å². The van der Waals surface area contributed by atoms with Gasteiger partial charge in [0.15, 0.2) is 6.61 Å². The van der Waals surface area contributed by atoms with Crippen molar-refractivity contribution in [3.8, 4) is 11.4 Å². The maximum Gasteiger partial charge on any atom is 0.277 e. The Morgan fingerprint density at radius 2 is 1.87 bits per heavy atom. The van der Waals surface area contributed by atoms with Crippen molar-refractivity contribution >= 4 is 17.8 Å². The third-order valence-electron chi connectivity index (χ3n) is 4.42. The first-order valence-corrected chi connectivity index (χ1v) is 9.41. The van der Waals surface area contributed by atoms with Crippen LogP contribution in [0.1, 0.15) is 31.0 Å². The third-order valence-corrected chi connectivity index (χ3v) is 4.42. The lowest BCUT2D eigenvalue weighted by molar-refractivity contribution is -0.384. The summed E-state index contributed by atoms with van der Waals surface area (Å²) in [6.07, 6.45) is 3.30. The van der Waals surface area contributed by atoms with E-state index in [1.54, 1.807) is 22.9 Å². The van der Waals surface area contributed by atoms with Crippen LogP contribution in [0.5, 0.6) is 5.75 Å². The number of non-ortho nitro benzene ring substituents is 1. The second-order valence-corrected chi connectivity index (χ2v) is 6.88. The Balaban J connectivity index is 1.55. The molecule has 1 heterocycles. The van der Waals surface area contributed by atoms with Crippen LogP contribution in [-0.4, -0.2) is 28.2 Å². The molecular formula is C22H22N4O4. The number of nitro benzene ring substituents is 1. The van der Waals surface area contributed by atoms with E-state index in [2.05, 4.69) is 24.4 Å². The number of aromatic nitrogens is 1. The van der Waals surface area contributed by atoms with Crippen molar-refractivity contribution in [1.82, 2.24) is 9.99 Å². The number of hydrazone groups is 1. The molecule has 8 nitrogen and oxygen atoms in total. The fourth-order valence-corrected chi connectivity index (χ4v) is 2.77. The van der Waals surface area contributed by atoms with Crippen LogP contribution in [-0.2, 0) is 4.79 Å². The van der Waals surface area contributed by atoms with E-state index in [4.69, 9.17) is 4.74 Å². The molecule has 0 aliphatic heterocycles. The quantitative estimate of drug-likeness (QED) is 0.347. The van der Waals surface area contributed by atoms with E-state index in [9.17, 15) is 14.9 Å². The Bertz CT molecular complexity index is 1040. The van der Waals surface area contributed by atoms with Gasteiger partial charge in [0.1, 0.15) is 5.75 Å². The van der Waals surface area contributed by atoms with E-state index in [1.807, 2.05) is 36.4 Å². The number of rotatable bonds is 8. The molecule has 1 aromatic heterocycles. The molecule has 1 N–H and O–H groups in total. The highest BCUT2D eigenvalue weighted by Crippen LogP contribution is 2.19. The molecule has 30 heavy (non-hydrogen) atoms. The number of carbonyl (C=O) groups excluding carboxylic acids is 1. The molecule has 0 aliphatic rings. The lowest BCUT2D eigenvalue weighted by atomic mass is 10.0. The SMILES string of the molecule is CC(C)c1ccc(OCC(=O)N/N=C\c2cccn2-c2ccc([N+](=O)[O-])cc2)cc1. The zero-order valence-electron chi connectivity index (χ0n) is 16.7. The summed E-state index contributed by atoms with van der Waals surface area (Å²) in [6, 6.07) is 17.4. The minimum atomic E-state index is -0.446. The number of ether oxygens (including phenoxy) is 1. The monoisotopic (exact) mass is 406 g/mol. The number of carbonyl (C=O) groups is 1. The number of nitrogens with zero attached hydrogens (tertiary/aromatic N) is 3. The molecule has 8 heteroatoms. The number of nitrogens with one attached hydrogen (secondary N) is 1. The van der Waals surface area contributed by atoms with E-state index in [-0.39, 0.29) is 18.2 Å². The van der Waals surface area contributed by atoms with E-state index in [1.165, 1.54) is 23.9 Å². The molecule has 0 fully saturated rings. The van der Waals surface area contributed by atoms with Crippen molar-refractivity contribution in [2.75, 3.05) is 6.61 Å². The molecule has 0 bridgehead atoms. The average molecular weight is 406 g/mol. The Labute approximate surface area is 173 Å². The Hall–Kier alpha value is -3.94. The minimum absolute atomic E-state index is 0.0206. The molecule has 0 unspecified atom stereocenters. The van der Waals surface area contributed by atoms with E-state index >= 15 is 0 Å². The van der Waals surface area contributed by atoms with Crippen molar-refractivity contribution < 1.29 is 14.5 Å². The van der Waals surface area contributed by atoms with Crippen molar-refractivity contribution in [1.29, 1.82) is 0 Å². The standard InChI is InChI=1S/C22H22N4O4/c1-16(2)17-5-11-21(12-6-17)30-15-22(27)24-23-14-20-4-3-13-25(20)18-7-9-19(10-8-18)26(28)29/h3-14,16H,15H2,1-2H3,(H,24,27)/b23-14-. The molecule has 0 saturated heterocycles. The van der Waals surface area contributed by atoms with Crippen LogP contribution in [0.2, 0.25) is 0 Å². The zero-order valence-corrected chi connectivity index (χ0v) is 16.7. The summed E-state index contributed by atoms with van der Waals surface area (Å²) in [7, 11) is 0. The van der Waals surface area contributed by atoms with Crippen LogP contribution in [0.3, 0.4) is 0 Å². The average Bonchev–Trinajstić information content (AvgIpc) is 3.21. The molecular weight excluding hydrogens is 384 g/mol. The summed E-state index contributed by atoms with van der Waals surface area (Å²) < 4.78 is 7.27. The predicted molar refractivity (Wildman–Crippen MR) is 114 cm³/mol. The van der Waals surface area contributed by atoms with Crippen LogP contribution < -0.4 is 10.2 Å². The van der Waals surface area contributed by atoms with Gasteiger partial charge in [0.05, 0.1) is 16.8 Å². The van der Waals surface area contributed by atoms with Crippen molar-refractivity contribution in [3.63, 3.8) is 0 Å². The molecule has 3 rings (SSSR count). The van der Waals surface area contributed by atoms with Gasteiger partial charge >= 0.3 is 0 Å². The second-order valence-electron chi connectivity index (χ2n) is 6.88. The van der Waals surface area contributed by atoms with Crippen LogP contribution in [0.15, 0.2) is 72.0 Å². The summed E-state index contributed by atoms with van der Waals surface area (Å²) in [6.45, 7) is 4.07. The number of hydrogen-bond donors (Lipinski definition) is 1. The first-order chi connectivity index (χ1) is 14.4. The highest BCUT2D eigenvalue weighted by molar-refractivity contribution is 5.82.